The molecule has 0 aliphatic rings. The van der Waals surface area contributed by atoms with Gasteiger partial charge >= 0.3 is 47.5 Å². The number of esters is 2. The number of nitrogens with two attached hydrogens (primary N) is 1. The van der Waals surface area contributed by atoms with Crippen molar-refractivity contribution in [2.24, 2.45) is 5.73 Å². The number of hydrogen-bond donors (Lipinski definition) is 2. The predicted octanol–water partition coefficient (Wildman–Crippen LogP) is -2.47. The molecule has 0 heterocycles. The quantitative estimate of drug-likeness (QED) is 0.353. The summed E-state index contributed by atoms with van der Waals surface area (Å²) < 4.78 is 4.45. The van der Waals surface area contributed by atoms with Crippen LogP contribution in [-0.4, -0.2) is 29.6 Å². The molecule has 0 saturated heterocycles. The predicted molar refractivity (Wildman–Crippen MR) is 58.6 cm³/mol. The first-order valence-corrected chi connectivity index (χ1v) is 4.83. The maximum Gasteiger partial charge on any atom is 1.00 e. The first kappa shape index (κ1) is 16.8. The summed E-state index contributed by atoms with van der Waals surface area (Å²) in [6.45, 7) is 0.0622. The van der Waals surface area contributed by atoms with Gasteiger partial charge in [0.2, 0.25) is 0 Å². The van der Waals surface area contributed by atoms with Gasteiger partial charge in [0.1, 0.15) is 0 Å². The Kier molecular flexibility index (Phi) is 7.45. The molecule has 0 fully saturated rings. The third kappa shape index (κ3) is 4.58. The molecule has 1 aromatic carbocycles. The molecule has 92 valence electrons. The second-order valence-electron chi connectivity index (χ2n) is 3.15. The van der Waals surface area contributed by atoms with Gasteiger partial charge < -0.3 is 17.0 Å². The molecule has 0 spiro atoms. The second kappa shape index (κ2) is 7.99. The van der Waals surface area contributed by atoms with Crippen LogP contribution in [0.1, 0.15) is 28.6 Å². The SMILES string of the molecule is NCCC(=O)OC(=O)c1ccccc1C(=O)O.[H-].[Na+]. The molecule has 7 heteroatoms. The minimum atomic E-state index is -1.26. The molecule has 6 nitrogen and oxygen atoms in total. The van der Waals surface area contributed by atoms with Crippen LogP contribution in [0.25, 0.3) is 0 Å². The maximum absolute atomic E-state index is 11.5. The molecule has 0 aliphatic carbocycles. The Bertz CT molecular complexity index is 466. The van der Waals surface area contributed by atoms with Crippen LogP contribution < -0.4 is 35.3 Å². The summed E-state index contributed by atoms with van der Waals surface area (Å²) in [6.07, 6.45) is -0.0963. The number of carboxylic acid groups (broad SMARTS) is 1. The van der Waals surface area contributed by atoms with Gasteiger partial charge in [-0.15, -0.1) is 0 Å². The third-order valence-corrected chi connectivity index (χ3v) is 1.93. The first-order valence-electron chi connectivity index (χ1n) is 4.83. The zero-order valence-electron chi connectivity index (χ0n) is 10.9. The van der Waals surface area contributed by atoms with Crippen molar-refractivity contribution in [1.82, 2.24) is 0 Å². The average Bonchev–Trinajstić information content (AvgIpc) is 2.29. The second-order valence-corrected chi connectivity index (χ2v) is 3.15. The van der Waals surface area contributed by atoms with Gasteiger partial charge in [0.15, 0.2) is 0 Å². The van der Waals surface area contributed by atoms with E-state index in [1.165, 1.54) is 24.3 Å². The number of carbonyl (C=O) groups is 3. The van der Waals surface area contributed by atoms with Crippen molar-refractivity contribution < 1.29 is 55.2 Å². The van der Waals surface area contributed by atoms with E-state index in [9.17, 15) is 14.4 Å². The molecule has 0 aromatic heterocycles. The van der Waals surface area contributed by atoms with E-state index in [2.05, 4.69) is 4.74 Å². The summed E-state index contributed by atoms with van der Waals surface area (Å²) in [5.74, 6) is -3.03. The molecule has 0 amide bonds. The van der Waals surface area contributed by atoms with Crippen LogP contribution in [0.4, 0.5) is 0 Å². The Morgan fingerprint density at radius 2 is 1.78 bits per heavy atom. The fourth-order valence-corrected chi connectivity index (χ4v) is 1.17. The Balaban J connectivity index is 0. The van der Waals surface area contributed by atoms with E-state index in [0.717, 1.165) is 0 Å². The van der Waals surface area contributed by atoms with Crippen LogP contribution in [0.5, 0.6) is 0 Å². The number of hydrogen-bond acceptors (Lipinski definition) is 5. The monoisotopic (exact) mass is 261 g/mol. The van der Waals surface area contributed by atoms with Gasteiger partial charge in [-0.25, -0.2) is 9.59 Å². The molecule has 0 radical (unpaired) electrons. The molecule has 0 saturated carbocycles. The van der Waals surface area contributed by atoms with Crippen molar-refractivity contribution >= 4 is 17.9 Å². The standard InChI is InChI=1S/C11H11NO5.Na.H/c12-6-5-9(13)17-11(16)8-4-2-1-3-7(8)10(14)15;;/h1-4H,5-6,12H2,(H,14,15);;/q;+1;-1. The van der Waals surface area contributed by atoms with Crippen LogP contribution in [-0.2, 0) is 9.53 Å². The van der Waals surface area contributed by atoms with E-state index < -0.39 is 17.9 Å². The van der Waals surface area contributed by atoms with Gasteiger partial charge in [-0.1, -0.05) is 12.1 Å². The molecule has 3 N–H and O–H groups in total. The van der Waals surface area contributed by atoms with E-state index in [4.69, 9.17) is 10.8 Å². The average molecular weight is 261 g/mol. The topological polar surface area (TPSA) is 107 Å². The minimum Gasteiger partial charge on any atom is -1.00 e. The van der Waals surface area contributed by atoms with E-state index in [0.29, 0.717) is 0 Å². The number of rotatable bonds is 4. The number of aromatic carboxylic acids is 1. The van der Waals surface area contributed by atoms with E-state index >= 15 is 0 Å². The molecule has 1 aromatic rings. The Morgan fingerprint density at radius 3 is 2.28 bits per heavy atom. The van der Waals surface area contributed by atoms with Gasteiger partial charge in [0, 0.05) is 6.54 Å². The van der Waals surface area contributed by atoms with Crippen molar-refractivity contribution in [2.75, 3.05) is 6.54 Å². The summed E-state index contributed by atoms with van der Waals surface area (Å²) in [6, 6.07) is 5.49. The molecule has 0 aliphatic heterocycles. The van der Waals surface area contributed by atoms with Crippen molar-refractivity contribution in [1.29, 1.82) is 0 Å². The van der Waals surface area contributed by atoms with Crippen LogP contribution in [0.15, 0.2) is 24.3 Å². The first-order chi connectivity index (χ1) is 8.06. The molecule has 1 rings (SSSR count). The number of carboxylic acids is 1. The fourth-order valence-electron chi connectivity index (χ4n) is 1.17. The minimum absolute atomic E-state index is 0. The van der Waals surface area contributed by atoms with Crippen LogP contribution >= 0.6 is 0 Å². The van der Waals surface area contributed by atoms with Crippen molar-refractivity contribution in [3.63, 3.8) is 0 Å². The molecule has 0 atom stereocenters. The Hall–Kier alpha value is -1.21. The Labute approximate surface area is 127 Å². The molecular weight excluding hydrogens is 249 g/mol. The van der Waals surface area contributed by atoms with Gasteiger partial charge in [0.25, 0.3) is 0 Å². The van der Waals surface area contributed by atoms with Gasteiger partial charge in [-0.2, -0.15) is 0 Å². The number of benzene rings is 1. The summed E-state index contributed by atoms with van der Waals surface area (Å²) in [4.78, 5) is 33.4. The van der Waals surface area contributed by atoms with Crippen molar-refractivity contribution in [3.05, 3.63) is 35.4 Å². The number of carbonyl (C=O) groups excluding carboxylic acids is 2. The zero-order valence-corrected chi connectivity index (χ0v) is 11.9. The summed E-state index contributed by atoms with van der Waals surface area (Å²) in [5, 5.41) is 8.84. The summed E-state index contributed by atoms with van der Waals surface area (Å²) in [5.41, 5.74) is 4.74. The van der Waals surface area contributed by atoms with Gasteiger partial charge in [-0.3, -0.25) is 4.79 Å². The molecule has 0 bridgehead atoms. The molecule has 18 heavy (non-hydrogen) atoms. The fraction of sp³-hybridized carbons (Fsp3) is 0.182. The molecule has 0 unspecified atom stereocenters. The van der Waals surface area contributed by atoms with Gasteiger partial charge in [-0.05, 0) is 12.1 Å². The Morgan fingerprint density at radius 1 is 1.22 bits per heavy atom. The van der Waals surface area contributed by atoms with Crippen LogP contribution in [0.3, 0.4) is 0 Å². The third-order valence-electron chi connectivity index (χ3n) is 1.93. The summed E-state index contributed by atoms with van der Waals surface area (Å²) in [7, 11) is 0. The maximum atomic E-state index is 11.5. The largest absolute Gasteiger partial charge is 1.00 e. The van der Waals surface area contributed by atoms with Gasteiger partial charge in [0.05, 0.1) is 17.5 Å². The van der Waals surface area contributed by atoms with E-state index in [1.54, 1.807) is 0 Å². The smallest absolute Gasteiger partial charge is 1.00 e. The van der Waals surface area contributed by atoms with E-state index in [1.807, 2.05) is 0 Å². The van der Waals surface area contributed by atoms with Crippen LogP contribution in [0, 0.1) is 0 Å². The van der Waals surface area contributed by atoms with Crippen LogP contribution in [0.2, 0.25) is 0 Å². The van der Waals surface area contributed by atoms with Crippen molar-refractivity contribution in [3.8, 4) is 0 Å². The number of ether oxygens (including phenoxy) is 1. The summed E-state index contributed by atoms with van der Waals surface area (Å²) >= 11 is 0. The van der Waals surface area contributed by atoms with Crippen molar-refractivity contribution in [2.45, 2.75) is 6.42 Å². The normalized spacial score (nSPS) is 9.17. The zero-order chi connectivity index (χ0) is 12.8. The van der Waals surface area contributed by atoms with E-state index in [-0.39, 0.29) is 55.1 Å². The molecular formula is C11H12NNaO5.